The van der Waals surface area contributed by atoms with Gasteiger partial charge in [-0.15, -0.1) is 0 Å². The Bertz CT molecular complexity index is 551. The van der Waals surface area contributed by atoms with Crippen LogP contribution in [0.15, 0.2) is 22.7 Å². The number of aromatic nitrogens is 1. The van der Waals surface area contributed by atoms with Crippen LogP contribution in [0.4, 0.5) is 5.88 Å². The third kappa shape index (κ3) is 2.42. The van der Waals surface area contributed by atoms with Gasteiger partial charge >= 0.3 is 0 Å². The molecule has 0 bridgehead atoms. The molecule has 0 atom stereocenters. The lowest BCUT2D eigenvalue weighted by atomic mass is 9.99. The van der Waals surface area contributed by atoms with Crippen LogP contribution in [0.5, 0.6) is 0 Å². The summed E-state index contributed by atoms with van der Waals surface area (Å²) in [4.78, 5) is 0. The largest absolute Gasteiger partial charge is 0.367 e. The van der Waals surface area contributed by atoms with Crippen molar-refractivity contribution in [1.29, 1.82) is 0 Å². The highest BCUT2D eigenvalue weighted by molar-refractivity contribution is 14.1. The SMILES string of the molecule is CC(C)c1c(-c2cc(Cl)ccc2I)noc1N. The van der Waals surface area contributed by atoms with Crippen LogP contribution in [0.2, 0.25) is 5.02 Å². The quantitative estimate of drug-likeness (QED) is 0.810. The number of halogens is 2. The van der Waals surface area contributed by atoms with Crippen molar-refractivity contribution < 1.29 is 4.52 Å². The van der Waals surface area contributed by atoms with Crippen molar-refractivity contribution in [2.75, 3.05) is 5.73 Å². The van der Waals surface area contributed by atoms with E-state index in [2.05, 4.69) is 41.6 Å². The van der Waals surface area contributed by atoms with E-state index in [1.807, 2.05) is 18.2 Å². The van der Waals surface area contributed by atoms with E-state index < -0.39 is 0 Å². The molecule has 0 fully saturated rings. The van der Waals surface area contributed by atoms with Gasteiger partial charge in [-0.25, -0.2) is 0 Å². The molecule has 1 aromatic heterocycles. The first-order chi connectivity index (χ1) is 8.00. The Morgan fingerprint density at radius 1 is 1.41 bits per heavy atom. The molecule has 0 unspecified atom stereocenters. The predicted molar refractivity (Wildman–Crippen MR) is 78.2 cm³/mol. The van der Waals surface area contributed by atoms with Gasteiger partial charge in [0.15, 0.2) is 0 Å². The zero-order chi connectivity index (χ0) is 12.6. The van der Waals surface area contributed by atoms with Crippen molar-refractivity contribution >= 4 is 40.1 Å². The number of hydrogen-bond acceptors (Lipinski definition) is 3. The van der Waals surface area contributed by atoms with E-state index in [1.165, 1.54) is 0 Å². The van der Waals surface area contributed by atoms with Gasteiger partial charge in [0.2, 0.25) is 5.88 Å². The number of benzene rings is 1. The molecule has 0 radical (unpaired) electrons. The summed E-state index contributed by atoms with van der Waals surface area (Å²) in [6.07, 6.45) is 0. The molecule has 0 amide bonds. The summed E-state index contributed by atoms with van der Waals surface area (Å²) in [5, 5.41) is 4.72. The summed E-state index contributed by atoms with van der Waals surface area (Å²) in [5.74, 6) is 0.636. The van der Waals surface area contributed by atoms with E-state index in [-0.39, 0.29) is 5.92 Å². The summed E-state index contributed by atoms with van der Waals surface area (Å²) in [6.45, 7) is 4.12. The summed E-state index contributed by atoms with van der Waals surface area (Å²) < 4.78 is 6.16. The van der Waals surface area contributed by atoms with Crippen LogP contribution in [0.3, 0.4) is 0 Å². The molecule has 17 heavy (non-hydrogen) atoms. The molecule has 0 aliphatic carbocycles. The summed E-state index contributed by atoms with van der Waals surface area (Å²) in [6, 6.07) is 5.69. The van der Waals surface area contributed by atoms with E-state index in [0.717, 1.165) is 20.4 Å². The Kier molecular flexibility index (Phi) is 3.63. The average molecular weight is 363 g/mol. The van der Waals surface area contributed by atoms with Gasteiger partial charge in [-0.1, -0.05) is 30.6 Å². The van der Waals surface area contributed by atoms with Crippen molar-refractivity contribution in [2.45, 2.75) is 19.8 Å². The second-order valence-corrected chi connectivity index (χ2v) is 5.69. The summed E-state index contributed by atoms with van der Waals surface area (Å²) in [7, 11) is 0. The number of anilines is 1. The maximum absolute atomic E-state index is 6.01. The Hall–Kier alpha value is -0.750. The monoisotopic (exact) mass is 362 g/mol. The smallest absolute Gasteiger partial charge is 0.226 e. The molecular formula is C12H12ClIN2O. The molecule has 2 N–H and O–H groups in total. The van der Waals surface area contributed by atoms with Gasteiger partial charge in [-0.2, -0.15) is 0 Å². The lowest BCUT2D eigenvalue weighted by Gasteiger charge is -2.07. The molecule has 0 saturated carbocycles. The van der Waals surface area contributed by atoms with Crippen molar-refractivity contribution in [3.63, 3.8) is 0 Å². The van der Waals surface area contributed by atoms with Gasteiger partial charge in [0.05, 0.1) is 0 Å². The topological polar surface area (TPSA) is 52.0 Å². The normalized spacial score (nSPS) is 11.1. The highest BCUT2D eigenvalue weighted by atomic mass is 127. The molecule has 0 aliphatic rings. The predicted octanol–water partition coefficient (Wildman–Crippen LogP) is 4.31. The van der Waals surface area contributed by atoms with E-state index in [1.54, 1.807) is 0 Å². The molecule has 3 nitrogen and oxygen atoms in total. The Labute approximate surface area is 118 Å². The molecule has 1 aromatic carbocycles. The highest BCUT2D eigenvalue weighted by Crippen LogP contribution is 2.36. The molecule has 0 aliphatic heterocycles. The first-order valence-electron chi connectivity index (χ1n) is 5.21. The fourth-order valence-corrected chi connectivity index (χ4v) is 2.50. The van der Waals surface area contributed by atoms with Gasteiger partial charge in [-0.3, -0.25) is 0 Å². The number of nitrogens with two attached hydrogens (primary N) is 1. The lowest BCUT2D eigenvalue weighted by Crippen LogP contribution is -1.95. The van der Waals surface area contributed by atoms with E-state index in [4.69, 9.17) is 21.9 Å². The molecule has 1 heterocycles. The zero-order valence-corrected chi connectivity index (χ0v) is 12.4. The van der Waals surface area contributed by atoms with Gasteiger partial charge < -0.3 is 10.3 Å². The minimum absolute atomic E-state index is 0.256. The number of nitrogens with zero attached hydrogens (tertiary/aromatic N) is 1. The minimum Gasteiger partial charge on any atom is -0.367 e. The maximum Gasteiger partial charge on any atom is 0.226 e. The van der Waals surface area contributed by atoms with Crippen LogP contribution in [0.25, 0.3) is 11.3 Å². The Balaban J connectivity index is 2.64. The van der Waals surface area contributed by atoms with Crippen molar-refractivity contribution in [2.24, 2.45) is 0 Å². The van der Waals surface area contributed by atoms with Gasteiger partial charge in [0.1, 0.15) is 5.69 Å². The molecule has 2 aromatic rings. The van der Waals surface area contributed by atoms with Gasteiger partial charge in [-0.05, 0) is 46.7 Å². The number of hydrogen-bond donors (Lipinski definition) is 1. The number of rotatable bonds is 2. The lowest BCUT2D eigenvalue weighted by molar-refractivity contribution is 0.438. The summed E-state index contributed by atoms with van der Waals surface area (Å²) >= 11 is 8.26. The second kappa shape index (κ2) is 4.86. The third-order valence-corrected chi connectivity index (χ3v) is 3.69. The molecule has 90 valence electrons. The van der Waals surface area contributed by atoms with Crippen molar-refractivity contribution in [3.05, 3.63) is 32.4 Å². The average Bonchev–Trinajstić information content (AvgIpc) is 2.64. The van der Waals surface area contributed by atoms with Crippen LogP contribution in [0.1, 0.15) is 25.3 Å². The van der Waals surface area contributed by atoms with Crippen LogP contribution in [-0.4, -0.2) is 5.16 Å². The first-order valence-corrected chi connectivity index (χ1v) is 6.67. The Morgan fingerprint density at radius 2 is 2.12 bits per heavy atom. The van der Waals surface area contributed by atoms with Crippen LogP contribution < -0.4 is 5.73 Å². The molecular weight excluding hydrogens is 351 g/mol. The van der Waals surface area contributed by atoms with E-state index >= 15 is 0 Å². The van der Waals surface area contributed by atoms with Crippen LogP contribution >= 0.6 is 34.2 Å². The van der Waals surface area contributed by atoms with Crippen LogP contribution in [-0.2, 0) is 0 Å². The second-order valence-electron chi connectivity index (χ2n) is 4.09. The fourth-order valence-electron chi connectivity index (χ4n) is 1.74. The van der Waals surface area contributed by atoms with Gasteiger partial charge in [0, 0.05) is 19.7 Å². The maximum atomic E-state index is 6.01. The van der Waals surface area contributed by atoms with Crippen LogP contribution in [0, 0.1) is 3.57 Å². The van der Waals surface area contributed by atoms with E-state index in [0.29, 0.717) is 10.9 Å². The standard InChI is InChI=1S/C12H12ClIN2O/c1-6(2)10-11(16-17-12(10)15)8-5-7(13)3-4-9(8)14/h3-6H,15H2,1-2H3. The molecule has 0 spiro atoms. The van der Waals surface area contributed by atoms with E-state index in [9.17, 15) is 0 Å². The molecule has 2 rings (SSSR count). The number of nitrogen functional groups attached to an aromatic ring is 1. The minimum atomic E-state index is 0.256. The Morgan fingerprint density at radius 3 is 2.76 bits per heavy atom. The fraction of sp³-hybridized carbons (Fsp3) is 0.250. The third-order valence-electron chi connectivity index (χ3n) is 2.52. The van der Waals surface area contributed by atoms with Crippen molar-refractivity contribution in [3.8, 4) is 11.3 Å². The highest BCUT2D eigenvalue weighted by Gasteiger charge is 2.20. The van der Waals surface area contributed by atoms with Gasteiger partial charge in [0.25, 0.3) is 0 Å². The molecule has 5 heteroatoms. The summed E-state index contributed by atoms with van der Waals surface area (Å²) in [5.41, 5.74) is 8.48. The first kappa shape index (κ1) is 12.7. The zero-order valence-electron chi connectivity index (χ0n) is 9.50. The molecule has 0 saturated heterocycles. The van der Waals surface area contributed by atoms with Crippen molar-refractivity contribution in [1.82, 2.24) is 5.16 Å².